The number of halogens is 1. The third-order valence-corrected chi connectivity index (χ3v) is 4.02. The lowest BCUT2D eigenvalue weighted by molar-refractivity contribution is 0.118. The van der Waals surface area contributed by atoms with E-state index in [2.05, 4.69) is 36.3 Å². The molecule has 2 atom stereocenters. The minimum Gasteiger partial charge on any atom is -0.380 e. The Morgan fingerprint density at radius 3 is 2.73 bits per heavy atom. The van der Waals surface area contributed by atoms with Crippen molar-refractivity contribution >= 4 is 29.9 Å². The van der Waals surface area contributed by atoms with E-state index >= 15 is 0 Å². The molecule has 0 amide bonds. The summed E-state index contributed by atoms with van der Waals surface area (Å²) in [5, 5.41) is 6.61. The van der Waals surface area contributed by atoms with E-state index in [0.717, 1.165) is 38.8 Å². The molecule has 1 saturated heterocycles. The second kappa shape index (κ2) is 13.4. The molecule has 0 saturated carbocycles. The Balaban J connectivity index is 0.00000441. The first-order chi connectivity index (χ1) is 10.2. The first-order valence-corrected chi connectivity index (χ1v) is 8.54. The summed E-state index contributed by atoms with van der Waals surface area (Å²) in [5.41, 5.74) is 0. The predicted octanol–water partition coefficient (Wildman–Crippen LogP) is 2.46. The van der Waals surface area contributed by atoms with E-state index in [0.29, 0.717) is 12.1 Å². The van der Waals surface area contributed by atoms with E-state index < -0.39 is 0 Å². The highest BCUT2D eigenvalue weighted by Gasteiger charge is 2.22. The summed E-state index contributed by atoms with van der Waals surface area (Å²) in [4.78, 5) is 7.31. The average molecular weight is 426 g/mol. The predicted molar refractivity (Wildman–Crippen MR) is 105 cm³/mol. The minimum absolute atomic E-state index is 0. The number of nitrogens with zero attached hydrogens (tertiary/aromatic N) is 2. The van der Waals surface area contributed by atoms with Gasteiger partial charge in [0, 0.05) is 31.8 Å². The molecule has 2 N–H and O–H groups in total. The van der Waals surface area contributed by atoms with Crippen LogP contribution in [-0.2, 0) is 4.74 Å². The number of hydrogen-bond donors (Lipinski definition) is 2. The van der Waals surface area contributed by atoms with Crippen molar-refractivity contribution in [1.82, 2.24) is 15.5 Å². The zero-order valence-electron chi connectivity index (χ0n) is 14.7. The van der Waals surface area contributed by atoms with Crippen LogP contribution in [0.2, 0.25) is 0 Å². The second-order valence-corrected chi connectivity index (χ2v) is 5.77. The summed E-state index contributed by atoms with van der Waals surface area (Å²) in [6.07, 6.45) is 4.01. The molecule has 22 heavy (non-hydrogen) atoms. The summed E-state index contributed by atoms with van der Waals surface area (Å²) in [5.74, 6) is 0.897. The molecule has 1 heterocycles. The molecule has 1 rings (SSSR count). The Hall–Kier alpha value is -0.0800. The van der Waals surface area contributed by atoms with Crippen LogP contribution >= 0.6 is 24.0 Å². The molecule has 1 fully saturated rings. The molecule has 0 aromatic rings. The summed E-state index contributed by atoms with van der Waals surface area (Å²) < 4.78 is 5.34. The Bertz CT molecular complexity index is 302. The lowest BCUT2D eigenvalue weighted by Crippen LogP contribution is -2.46. The Morgan fingerprint density at radius 1 is 1.32 bits per heavy atom. The fraction of sp³-hybridized carbons (Fsp3) is 0.938. The fourth-order valence-corrected chi connectivity index (χ4v) is 2.83. The molecule has 2 unspecified atom stereocenters. The van der Waals surface area contributed by atoms with Gasteiger partial charge in [0.05, 0.1) is 13.2 Å². The van der Waals surface area contributed by atoms with Crippen LogP contribution in [0.1, 0.15) is 47.0 Å². The molecule has 0 spiro atoms. The first-order valence-electron chi connectivity index (χ1n) is 8.54. The smallest absolute Gasteiger partial charge is 0.191 e. The van der Waals surface area contributed by atoms with Crippen molar-refractivity contribution in [2.24, 2.45) is 4.99 Å². The quantitative estimate of drug-likeness (QED) is 0.271. The van der Waals surface area contributed by atoms with Gasteiger partial charge in [0.2, 0.25) is 0 Å². The van der Waals surface area contributed by atoms with E-state index in [1.54, 1.807) is 0 Å². The third kappa shape index (κ3) is 8.53. The topological polar surface area (TPSA) is 48.9 Å². The van der Waals surface area contributed by atoms with Crippen LogP contribution in [0.15, 0.2) is 4.99 Å². The van der Waals surface area contributed by atoms with E-state index in [1.165, 1.54) is 25.8 Å². The number of likely N-dealkylation sites (tertiary alicyclic amines) is 1. The number of nitrogens with one attached hydrogen (secondary N) is 2. The van der Waals surface area contributed by atoms with Crippen LogP contribution in [0.4, 0.5) is 0 Å². The van der Waals surface area contributed by atoms with Crippen molar-refractivity contribution in [2.75, 3.05) is 39.4 Å². The van der Waals surface area contributed by atoms with Gasteiger partial charge in [-0.15, -0.1) is 24.0 Å². The van der Waals surface area contributed by atoms with Crippen LogP contribution in [0.5, 0.6) is 0 Å². The normalized spacial score (nSPS) is 21.1. The molecule has 1 aliphatic heterocycles. The Kier molecular flexibility index (Phi) is 13.3. The van der Waals surface area contributed by atoms with E-state index in [4.69, 9.17) is 9.73 Å². The van der Waals surface area contributed by atoms with Gasteiger partial charge in [0.15, 0.2) is 5.96 Å². The van der Waals surface area contributed by atoms with Crippen molar-refractivity contribution in [1.29, 1.82) is 0 Å². The van der Waals surface area contributed by atoms with Crippen molar-refractivity contribution < 1.29 is 4.74 Å². The van der Waals surface area contributed by atoms with Gasteiger partial charge >= 0.3 is 0 Å². The maximum absolute atomic E-state index is 5.34. The SMILES string of the molecule is CCNC(=NCC(C)N1CCCCC1C)NCCOCC.I. The average Bonchev–Trinajstić information content (AvgIpc) is 2.49. The fourth-order valence-electron chi connectivity index (χ4n) is 2.83. The molecule has 1 aliphatic rings. The molecule has 5 nitrogen and oxygen atoms in total. The van der Waals surface area contributed by atoms with Gasteiger partial charge < -0.3 is 15.4 Å². The Morgan fingerprint density at radius 2 is 2.09 bits per heavy atom. The molecule has 0 aromatic heterocycles. The van der Waals surface area contributed by atoms with E-state index in [9.17, 15) is 0 Å². The number of aliphatic imine (C=N–C) groups is 1. The van der Waals surface area contributed by atoms with Crippen molar-refractivity contribution in [3.8, 4) is 0 Å². The molecule has 0 aromatic carbocycles. The highest BCUT2D eigenvalue weighted by atomic mass is 127. The molecule has 0 bridgehead atoms. The number of rotatable bonds is 8. The number of ether oxygens (including phenoxy) is 1. The van der Waals surface area contributed by atoms with Crippen LogP contribution in [0, 0.1) is 0 Å². The monoisotopic (exact) mass is 426 g/mol. The van der Waals surface area contributed by atoms with Crippen LogP contribution in [0.25, 0.3) is 0 Å². The minimum atomic E-state index is 0. The maximum Gasteiger partial charge on any atom is 0.191 e. The standard InChI is InChI=1S/C16H34N4O.HI/c1-5-17-16(18-10-12-21-6-2)19-13-15(4)20-11-8-7-9-14(20)3;/h14-15H,5-13H2,1-4H3,(H2,17,18,19);1H. The van der Waals surface area contributed by atoms with Crippen molar-refractivity contribution in [3.63, 3.8) is 0 Å². The second-order valence-electron chi connectivity index (χ2n) is 5.77. The van der Waals surface area contributed by atoms with Gasteiger partial charge in [-0.3, -0.25) is 9.89 Å². The highest BCUT2D eigenvalue weighted by molar-refractivity contribution is 14.0. The maximum atomic E-state index is 5.34. The van der Waals surface area contributed by atoms with Crippen LogP contribution < -0.4 is 10.6 Å². The lowest BCUT2D eigenvalue weighted by atomic mass is 10.0. The summed E-state index contributed by atoms with van der Waals surface area (Å²) >= 11 is 0. The van der Waals surface area contributed by atoms with Crippen molar-refractivity contribution in [3.05, 3.63) is 0 Å². The van der Waals surface area contributed by atoms with Gasteiger partial charge in [0.25, 0.3) is 0 Å². The molecular formula is C16H35IN4O. The van der Waals surface area contributed by atoms with Gasteiger partial charge in [-0.25, -0.2) is 0 Å². The number of piperidine rings is 1. The number of hydrogen-bond acceptors (Lipinski definition) is 3. The third-order valence-electron chi connectivity index (χ3n) is 4.02. The molecule has 6 heteroatoms. The van der Waals surface area contributed by atoms with Gasteiger partial charge in [0.1, 0.15) is 0 Å². The van der Waals surface area contributed by atoms with Gasteiger partial charge in [-0.2, -0.15) is 0 Å². The number of guanidine groups is 1. The summed E-state index contributed by atoms with van der Waals surface area (Å²) in [6.45, 7) is 14.0. The lowest BCUT2D eigenvalue weighted by Gasteiger charge is -2.37. The van der Waals surface area contributed by atoms with Crippen molar-refractivity contribution in [2.45, 2.75) is 59.0 Å². The van der Waals surface area contributed by atoms with E-state index in [-0.39, 0.29) is 24.0 Å². The molecule has 0 aliphatic carbocycles. The molecular weight excluding hydrogens is 391 g/mol. The first kappa shape index (κ1) is 21.9. The van der Waals surface area contributed by atoms with Gasteiger partial charge in [-0.05, 0) is 47.1 Å². The molecule has 0 radical (unpaired) electrons. The molecule has 132 valence electrons. The van der Waals surface area contributed by atoms with Crippen LogP contribution in [-0.4, -0.2) is 62.3 Å². The largest absolute Gasteiger partial charge is 0.380 e. The Labute approximate surface area is 153 Å². The zero-order valence-corrected chi connectivity index (χ0v) is 17.1. The van der Waals surface area contributed by atoms with Crippen LogP contribution in [0.3, 0.4) is 0 Å². The summed E-state index contributed by atoms with van der Waals surface area (Å²) in [6, 6.07) is 1.19. The van der Waals surface area contributed by atoms with E-state index in [1.807, 2.05) is 6.92 Å². The van der Waals surface area contributed by atoms with Gasteiger partial charge in [-0.1, -0.05) is 6.42 Å². The summed E-state index contributed by atoms with van der Waals surface area (Å²) in [7, 11) is 0. The highest BCUT2D eigenvalue weighted by Crippen LogP contribution is 2.18. The zero-order chi connectivity index (χ0) is 15.5.